The summed E-state index contributed by atoms with van der Waals surface area (Å²) in [5, 5.41) is 0.737. The molecule has 5 heteroatoms. The van der Waals surface area contributed by atoms with Gasteiger partial charge in [0, 0.05) is 29.9 Å². The summed E-state index contributed by atoms with van der Waals surface area (Å²) in [5.41, 5.74) is 2.76. The zero-order valence-electron chi connectivity index (χ0n) is 13.6. The first kappa shape index (κ1) is 16.1. The Morgan fingerprint density at radius 1 is 1.30 bits per heavy atom. The van der Waals surface area contributed by atoms with Crippen molar-refractivity contribution in [3.63, 3.8) is 0 Å². The van der Waals surface area contributed by atoms with Gasteiger partial charge in [-0.1, -0.05) is 36.9 Å². The van der Waals surface area contributed by atoms with E-state index in [1.54, 1.807) is 17.1 Å². The van der Waals surface area contributed by atoms with Gasteiger partial charge in [-0.15, -0.1) is 0 Å². The fourth-order valence-electron chi connectivity index (χ4n) is 3.19. The van der Waals surface area contributed by atoms with E-state index in [9.17, 15) is 4.79 Å². The van der Waals surface area contributed by atoms with Crippen LogP contribution < -0.4 is 0 Å². The number of rotatable bonds is 2. The van der Waals surface area contributed by atoms with Crippen molar-refractivity contribution < 1.29 is 4.79 Å². The van der Waals surface area contributed by atoms with Gasteiger partial charge in [-0.2, -0.15) is 0 Å². The number of nitrogens with zero attached hydrogens (tertiary/aromatic N) is 3. The number of imidazole rings is 1. The van der Waals surface area contributed by atoms with E-state index in [-0.39, 0.29) is 6.03 Å². The molecule has 0 atom stereocenters. The number of halogens is 1. The lowest BCUT2D eigenvalue weighted by Crippen LogP contribution is -2.40. The lowest BCUT2D eigenvalue weighted by atomic mass is 9.95. The molecule has 0 N–H and O–H groups in total. The van der Waals surface area contributed by atoms with E-state index in [1.165, 1.54) is 19.3 Å². The predicted molar refractivity (Wildman–Crippen MR) is 92.8 cm³/mol. The summed E-state index contributed by atoms with van der Waals surface area (Å²) >= 11 is 6.06. The Hall–Kier alpha value is -1.81. The average molecular weight is 332 g/mol. The fraction of sp³-hybridized carbons (Fsp3) is 0.444. The second kappa shape index (κ2) is 6.75. The third-order valence-electron chi connectivity index (χ3n) is 4.68. The minimum absolute atomic E-state index is 0.0127. The molecule has 3 rings (SSSR count). The van der Waals surface area contributed by atoms with Gasteiger partial charge in [0.15, 0.2) is 0 Å². The van der Waals surface area contributed by atoms with E-state index < -0.39 is 0 Å². The first-order valence-corrected chi connectivity index (χ1v) is 8.52. The smallest absolute Gasteiger partial charge is 0.324 e. The molecular formula is C18H22ClN3O. The van der Waals surface area contributed by atoms with Crippen LogP contribution in [0.1, 0.15) is 37.7 Å². The number of aryl methyl sites for hydroxylation is 1. The summed E-state index contributed by atoms with van der Waals surface area (Å²) in [6, 6.07) is 6.12. The Bertz CT molecular complexity index is 704. The van der Waals surface area contributed by atoms with E-state index in [4.69, 9.17) is 11.6 Å². The molecular weight excluding hydrogens is 310 g/mol. The molecule has 1 aromatic carbocycles. The number of aromatic nitrogens is 2. The molecule has 0 saturated heterocycles. The maximum atomic E-state index is 12.6. The number of hydrogen-bond acceptors (Lipinski definition) is 2. The van der Waals surface area contributed by atoms with Gasteiger partial charge in [0.2, 0.25) is 0 Å². The highest BCUT2D eigenvalue weighted by Gasteiger charge is 2.23. The van der Waals surface area contributed by atoms with Gasteiger partial charge in [0.25, 0.3) is 0 Å². The first-order valence-electron chi connectivity index (χ1n) is 8.14. The van der Waals surface area contributed by atoms with Crippen LogP contribution in [0, 0.1) is 6.92 Å². The Morgan fingerprint density at radius 2 is 2.04 bits per heavy atom. The van der Waals surface area contributed by atoms with E-state index in [1.807, 2.05) is 37.1 Å². The summed E-state index contributed by atoms with van der Waals surface area (Å²) in [4.78, 5) is 18.9. The molecule has 1 aliphatic carbocycles. The van der Waals surface area contributed by atoms with Crippen molar-refractivity contribution in [1.82, 2.24) is 14.5 Å². The zero-order chi connectivity index (χ0) is 16.4. The molecule has 4 nitrogen and oxygen atoms in total. The summed E-state index contributed by atoms with van der Waals surface area (Å²) < 4.78 is 1.58. The molecule has 1 aromatic heterocycles. The van der Waals surface area contributed by atoms with Crippen molar-refractivity contribution in [3.8, 4) is 11.3 Å². The van der Waals surface area contributed by atoms with Crippen LogP contribution in [0.25, 0.3) is 11.3 Å². The van der Waals surface area contributed by atoms with Crippen LogP contribution in [0.2, 0.25) is 5.02 Å². The third-order valence-corrected chi connectivity index (χ3v) is 5.11. The van der Waals surface area contributed by atoms with Crippen LogP contribution in [0.4, 0.5) is 4.79 Å². The number of amides is 1. The molecule has 2 aromatic rings. The molecule has 0 spiro atoms. The van der Waals surface area contributed by atoms with Crippen LogP contribution in [-0.4, -0.2) is 33.6 Å². The monoisotopic (exact) mass is 331 g/mol. The molecule has 0 radical (unpaired) electrons. The summed E-state index contributed by atoms with van der Waals surface area (Å²) in [5.74, 6) is 0. The molecule has 1 amide bonds. The Balaban J connectivity index is 1.77. The van der Waals surface area contributed by atoms with Crippen LogP contribution in [0.3, 0.4) is 0 Å². The molecule has 1 heterocycles. The number of benzene rings is 1. The van der Waals surface area contributed by atoms with Crippen molar-refractivity contribution >= 4 is 17.6 Å². The van der Waals surface area contributed by atoms with E-state index in [2.05, 4.69) is 4.98 Å². The third kappa shape index (κ3) is 3.42. The second-order valence-electron chi connectivity index (χ2n) is 6.32. The number of carbonyl (C=O) groups is 1. The lowest BCUT2D eigenvalue weighted by molar-refractivity contribution is 0.175. The summed E-state index contributed by atoms with van der Waals surface area (Å²) in [7, 11) is 1.89. The quantitative estimate of drug-likeness (QED) is 0.796. The van der Waals surface area contributed by atoms with Crippen LogP contribution in [-0.2, 0) is 0 Å². The minimum Gasteiger partial charge on any atom is -0.324 e. The van der Waals surface area contributed by atoms with Crippen molar-refractivity contribution in [2.75, 3.05) is 7.05 Å². The van der Waals surface area contributed by atoms with Crippen molar-refractivity contribution in [2.24, 2.45) is 0 Å². The maximum Gasteiger partial charge on any atom is 0.329 e. The molecule has 1 aliphatic rings. The highest BCUT2D eigenvalue weighted by Crippen LogP contribution is 2.25. The van der Waals surface area contributed by atoms with Crippen LogP contribution in [0.15, 0.2) is 30.7 Å². The standard InChI is InChI=1S/C18H22ClN3O/c1-13-10-14(8-9-16(13)19)17-11-22(12-20-17)18(23)21(2)15-6-4-3-5-7-15/h8-12,15H,3-7H2,1-2H3. The van der Waals surface area contributed by atoms with E-state index in [0.29, 0.717) is 6.04 Å². The fourth-order valence-corrected chi connectivity index (χ4v) is 3.30. The van der Waals surface area contributed by atoms with Gasteiger partial charge in [0.05, 0.1) is 5.69 Å². The van der Waals surface area contributed by atoms with Gasteiger partial charge in [-0.25, -0.2) is 9.78 Å². The van der Waals surface area contributed by atoms with Gasteiger partial charge in [-0.05, 0) is 37.5 Å². The van der Waals surface area contributed by atoms with Gasteiger partial charge >= 0.3 is 6.03 Å². The molecule has 1 fully saturated rings. The molecule has 0 bridgehead atoms. The molecule has 23 heavy (non-hydrogen) atoms. The topological polar surface area (TPSA) is 38.1 Å². The van der Waals surface area contributed by atoms with E-state index >= 15 is 0 Å². The maximum absolute atomic E-state index is 12.6. The number of hydrogen-bond donors (Lipinski definition) is 0. The molecule has 1 saturated carbocycles. The summed E-state index contributed by atoms with van der Waals surface area (Å²) in [6.45, 7) is 1.96. The van der Waals surface area contributed by atoms with Gasteiger partial charge in [-0.3, -0.25) is 4.57 Å². The average Bonchev–Trinajstić information content (AvgIpc) is 3.07. The Labute approximate surface area is 142 Å². The van der Waals surface area contributed by atoms with Crippen LogP contribution >= 0.6 is 11.6 Å². The largest absolute Gasteiger partial charge is 0.329 e. The summed E-state index contributed by atoms with van der Waals surface area (Å²) in [6.07, 6.45) is 9.29. The predicted octanol–water partition coefficient (Wildman–Crippen LogP) is 4.74. The molecule has 0 unspecified atom stereocenters. The van der Waals surface area contributed by atoms with Crippen molar-refractivity contribution in [3.05, 3.63) is 41.3 Å². The van der Waals surface area contributed by atoms with Crippen LogP contribution in [0.5, 0.6) is 0 Å². The van der Waals surface area contributed by atoms with Crippen molar-refractivity contribution in [2.45, 2.75) is 45.1 Å². The first-order chi connectivity index (χ1) is 11.1. The molecule has 122 valence electrons. The van der Waals surface area contributed by atoms with E-state index in [0.717, 1.165) is 34.7 Å². The Morgan fingerprint density at radius 3 is 2.74 bits per heavy atom. The molecule has 0 aliphatic heterocycles. The highest BCUT2D eigenvalue weighted by molar-refractivity contribution is 6.31. The number of carbonyl (C=O) groups excluding carboxylic acids is 1. The zero-order valence-corrected chi connectivity index (χ0v) is 14.4. The Kier molecular flexibility index (Phi) is 4.71. The lowest BCUT2D eigenvalue weighted by Gasteiger charge is -2.31. The minimum atomic E-state index is -0.0127. The van der Waals surface area contributed by atoms with Gasteiger partial charge < -0.3 is 4.90 Å². The highest BCUT2D eigenvalue weighted by atomic mass is 35.5. The SMILES string of the molecule is Cc1cc(-c2cn(C(=O)N(C)C3CCCCC3)cn2)ccc1Cl. The van der Waals surface area contributed by atoms with Crippen molar-refractivity contribution in [1.29, 1.82) is 0 Å². The normalized spacial score (nSPS) is 15.6. The second-order valence-corrected chi connectivity index (χ2v) is 6.72. The van der Waals surface area contributed by atoms with Gasteiger partial charge in [0.1, 0.15) is 6.33 Å².